The molecule has 2 N–H and O–H groups in total. The maximum Gasteiger partial charge on any atom is 0.253 e. The van der Waals surface area contributed by atoms with Gasteiger partial charge in [-0.25, -0.2) is 0 Å². The average molecular weight is 415 g/mol. The summed E-state index contributed by atoms with van der Waals surface area (Å²) >= 11 is 5.77. The number of likely N-dealkylation sites (N-methyl/N-ethyl adjacent to an activating group) is 1. The lowest BCUT2D eigenvalue weighted by molar-refractivity contribution is 0.314. The van der Waals surface area contributed by atoms with Gasteiger partial charge >= 0.3 is 0 Å². The molecule has 1 saturated carbocycles. The molecule has 29 heavy (non-hydrogen) atoms. The molecule has 0 spiro atoms. The molecule has 2 aromatic rings. The molecule has 158 valence electrons. The molecular formula is C23H34N4OS. The van der Waals surface area contributed by atoms with Crippen molar-refractivity contribution in [2.24, 2.45) is 0 Å². The molecule has 6 heteroatoms. The van der Waals surface area contributed by atoms with Crippen molar-refractivity contribution in [3.8, 4) is 0 Å². The Kier molecular flexibility index (Phi) is 7.30. The van der Waals surface area contributed by atoms with Crippen LogP contribution in [0, 0.1) is 13.8 Å². The third kappa shape index (κ3) is 5.80. The highest BCUT2D eigenvalue weighted by molar-refractivity contribution is 7.80. The van der Waals surface area contributed by atoms with E-state index in [1.807, 2.05) is 12.1 Å². The number of rotatable bonds is 6. The van der Waals surface area contributed by atoms with Gasteiger partial charge in [0.15, 0.2) is 5.11 Å². The van der Waals surface area contributed by atoms with Crippen molar-refractivity contribution in [2.45, 2.75) is 58.5 Å². The van der Waals surface area contributed by atoms with E-state index in [0.717, 1.165) is 40.2 Å². The first-order valence-corrected chi connectivity index (χ1v) is 11.1. The van der Waals surface area contributed by atoms with E-state index in [0.29, 0.717) is 12.6 Å². The Hall–Kier alpha value is -1.92. The molecule has 1 aromatic heterocycles. The summed E-state index contributed by atoms with van der Waals surface area (Å²) in [6, 6.07) is 6.68. The Bertz CT molecular complexity index is 915. The van der Waals surface area contributed by atoms with E-state index >= 15 is 0 Å². The Morgan fingerprint density at radius 3 is 2.55 bits per heavy atom. The Balaban J connectivity index is 1.83. The molecule has 1 heterocycles. The number of aromatic amines is 1. The predicted octanol–water partition coefficient (Wildman–Crippen LogP) is 3.72. The third-order valence-corrected chi connectivity index (χ3v) is 6.16. The number of aromatic nitrogens is 1. The summed E-state index contributed by atoms with van der Waals surface area (Å²) in [4.78, 5) is 20.1. The van der Waals surface area contributed by atoms with Crippen molar-refractivity contribution in [1.29, 1.82) is 0 Å². The third-order valence-electron chi connectivity index (χ3n) is 5.79. The second-order valence-corrected chi connectivity index (χ2v) is 9.06. The fourth-order valence-corrected chi connectivity index (χ4v) is 4.45. The molecule has 0 aliphatic heterocycles. The van der Waals surface area contributed by atoms with E-state index in [1.165, 1.54) is 37.7 Å². The number of hydrogen-bond acceptors (Lipinski definition) is 3. The van der Waals surface area contributed by atoms with Gasteiger partial charge in [-0.05, 0) is 76.3 Å². The smallest absolute Gasteiger partial charge is 0.253 e. The lowest BCUT2D eigenvalue weighted by Crippen LogP contribution is -2.47. The van der Waals surface area contributed by atoms with Crippen LogP contribution in [0.2, 0.25) is 0 Å². The lowest BCUT2D eigenvalue weighted by atomic mass is 9.96. The highest BCUT2D eigenvalue weighted by Crippen LogP contribution is 2.20. The second-order valence-electron chi connectivity index (χ2n) is 8.68. The number of aryl methyl sites for hydroxylation is 2. The zero-order valence-corrected chi connectivity index (χ0v) is 19.0. The van der Waals surface area contributed by atoms with Crippen LogP contribution in [0.3, 0.4) is 0 Å². The largest absolute Gasteiger partial charge is 0.360 e. The Morgan fingerprint density at radius 2 is 1.86 bits per heavy atom. The molecule has 0 unspecified atom stereocenters. The Morgan fingerprint density at radius 1 is 1.14 bits per heavy atom. The van der Waals surface area contributed by atoms with Crippen molar-refractivity contribution >= 4 is 28.2 Å². The molecule has 0 saturated heterocycles. The van der Waals surface area contributed by atoms with E-state index in [-0.39, 0.29) is 5.56 Å². The van der Waals surface area contributed by atoms with Gasteiger partial charge in [0.05, 0.1) is 6.54 Å². The molecule has 1 aliphatic carbocycles. The normalized spacial score (nSPS) is 15.1. The second kappa shape index (κ2) is 9.72. The number of nitrogens with zero attached hydrogens (tertiary/aromatic N) is 2. The SMILES string of the molecule is Cc1cc(C)c2cc(CN(CCN(C)C)C(=S)NC3CCCCC3)c(=O)[nH]c2c1. The number of fused-ring (bicyclic) bond motifs is 1. The van der Waals surface area contributed by atoms with Crippen molar-refractivity contribution in [3.05, 3.63) is 45.2 Å². The number of nitrogens with one attached hydrogen (secondary N) is 2. The quantitative estimate of drug-likeness (QED) is 0.706. The highest BCUT2D eigenvalue weighted by atomic mass is 32.1. The van der Waals surface area contributed by atoms with E-state index < -0.39 is 0 Å². The van der Waals surface area contributed by atoms with E-state index in [1.54, 1.807) is 0 Å². The average Bonchev–Trinajstić information content (AvgIpc) is 2.66. The van der Waals surface area contributed by atoms with Crippen LogP contribution in [0.25, 0.3) is 10.9 Å². The van der Waals surface area contributed by atoms with Gasteiger partial charge in [-0.3, -0.25) is 4.79 Å². The number of benzene rings is 1. The molecular weight excluding hydrogens is 380 g/mol. The fourth-order valence-electron chi connectivity index (χ4n) is 4.13. The minimum Gasteiger partial charge on any atom is -0.360 e. The summed E-state index contributed by atoms with van der Waals surface area (Å²) in [5, 5.41) is 5.43. The predicted molar refractivity (Wildman–Crippen MR) is 126 cm³/mol. The van der Waals surface area contributed by atoms with Crippen LogP contribution < -0.4 is 10.9 Å². The molecule has 0 radical (unpaired) electrons. The van der Waals surface area contributed by atoms with Crippen molar-refractivity contribution in [1.82, 2.24) is 20.1 Å². The van der Waals surface area contributed by atoms with Gasteiger partial charge in [-0.15, -0.1) is 0 Å². The summed E-state index contributed by atoms with van der Waals surface area (Å²) in [5.41, 5.74) is 3.97. The van der Waals surface area contributed by atoms with Crippen LogP contribution in [0.15, 0.2) is 23.0 Å². The minimum absolute atomic E-state index is 0.0298. The minimum atomic E-state index is -0.0298. The first-order valence-electron chi connectivity index (χ1n) is 10.7. The molecule has 0 bridgehead atoms. The molecule has 1 aliphatic rings. The van der Waals surface area contributed by atoms with Gasteiger partial charge in [-0.1, -0.05) is 25.3 Å². The van der Waals surface area contributed by atoms with Gasteiger partial charge in [0.2, 0.25) is 0 Å². The standard InChI is InChI=1S/C23H34N4OS/c1-16-12-17(2)20-14-18(22(28)25-21(20)13-16)15-27(11-10-26(3)4)23(29)24-19-8-6-5-7-9-19/h12-14,19H,5-11,15H2,1-4H3,(H,24,29)(H,25,28). The zero-order valence-electron chi connectivity index (χ0n) is 18.2. The van der Waals surface area contributed by atoms with Gasteiger partial charge in [0, 0.05) is 35.6 Å². The summed E-state index contributed by atoms with van der Waals surface area (Å²) < 4.78 is 0. The summed E-state index contributed by atoms with van der Waals surface area (Å²) in [7, 11) is 4.12. The van der Waals surface area contributed by atoms with Crippen LogP contribution >= 0.6 is 12.2 Å². The molecule has 1 aromatic carbocycles. The van der Waals surface area contributed by atoms with Crippen LogP contribution in [0.5, 0.6) is 0 Å². The molecule has 0 atom stereocenters. The molecule has 3 rings (SSSR count). The summed E-state index contributed by atoms with van der Waals surface area (Å²) in [5.74, 6) is 0. The van der Waals surface area contributed by atoms with Gasteiger partial charge < -0.3 is 20.1 Å². The maximum atomic E-state index is 12.8. The Labute approximate surface area is 179 Å². The fraction of sp³-hybridized carbons (Fsp3) is 0.565. The number of pyridine rings is 1. The van der Waals surface area contributed by atoms with Crippen LogP contribution in [0.4, 0.5) is 0 Å². The summed E-state index contributed by atoms with van der Waals surface area (Å²) in [6.07, 6.45) is 6.20. The van der Waals surface area contributed by atoms with Gasteiger partial charge in [0.1, 0.15) is 0 Å². The lowest BCUT2D eigenvalue weighted by Gasteiger charge is -2.31. The zero-order chi connectivity index (χ0) is 21.0. The van der Waals surface area contributed by atoms with E-state index in [2.05, 4.69) is 54.1 Å². The van der Waals surface area contributed by atoms with E-state index in [4.69, 9.17) is 12.2 Å². The highest BCUT2D eigenvalue weighted by Gasteiger charge is 2.19. The topological polar surface area (TPSA) is 51.4 Å². The number of hydrogen-bond donors (Lipinski definition) is 2. The monoisotopic (exact) mass is 414 g/mol. The maximum absolute atomic E-state index is 12.8. The molecule has 1 fully saturated rings. The number of H-pyrrole nitrogens is 1. The molecule has 0 amide bonds. The van der Waals surface area contributed by atoms with Crippen LogP contribution in [0.1, 0.15) is 48.8 Å². The first kappa shape index (κ1) is 21.8. The molecule has 5 nitrogen and oxygen atoms in total. The summed E-state index contributed by atoms with van der Waals surface area (Å²) in [6.45, 7) is 6.34. The van der Waals surface area contributed by atoms with E-state index in [9.17, 15) is 4.79 Å². The van der Waals surface area contributed by atoms with Crippen LogP contribution in [-0.2, 0) is 6.54 Å². The van der Waals surface area contributed by atoms with Crippen LogP contribution in [-0.4, -0.2) is 53.1 Å². The van der Waals surface area contributed by atoms with Crippen molar-refractivity contribution in [2.75, 3.05) is 27.2 Å². The van der Waals surface area contributed by atoms with Crippen molar-refractivity contribution in [3.63, 3.8) is 0 Å². The van der Waals surface area contributed by atoms with Crippen molar-refractivity contribution < 1.29 is 0 Å². The van der Waals surface area contributed by atoms with Gasteiger partial charge in [-0.2, -0.15) is 0 Å². The van der Waals surface area contributed by atoms with Gasteiger partial charge in [0.25, 0.3) is 5.56 Å². The number of thiocarbonyl (C=S) groups is 1. The first-order chi connectivity index (χ1) is 13.8.